The van der Waals surface area contributed by atoms with Gasteiger partial charge in [0.05, 0.1) is 10.5 Å². The van der Waals surface area contributed by atoms with Crippen molar-refractivity contribution >= 4 is 28.5 Å². The van der Waals surface area contributed by atoms with Crippen molar-refractivity contribution in [2.75, 3.05) is 0 Å². The van der Waals surface area contributed by atoms with Crippen molar-refractivity contribution in [3.8, 4) is 0 Å². The topological polar surface area (TPSA) is 59.3 Å². The summed E-state index contributed by atoms with van der Waals surface area (Å²) < 4.78 is 14.9. The van der Waals surface area contributed by atoms with Gasteiger partial charge in [0.2, 0.25) is 5.43 Å². The van der Waals surface area contributed by atoms with Gasteiger partial charge in [-0.3, -0.25) is 4.79 Å². The molecule has 2 aromatic rings. The number of hydrogen-bond donors (Lipinski definition) is 1. The van der Waals surface area contributed by atoms with E-state index in [4.69, 9.17) is 16.7 Å². The minimum atomic E-state index is -1.33. The number of carbonyl (C=O) groups is 1. The fraction of sp³-hybridized carbons (Fsp3) is 0.167. The van der Waals surface area contributed by atoms with Gasteiger partial charge in [0.15, 0.2) is 0 Å². The normalized spacial score (nSPS) is 10.8. The van der Waals surface area contributed by atoms with E-state index >= 15 is 0 Å². The minimum Gasteiger partial charge on any atom is -0.477 e. The van der Waals surface area contributed by atoms with E-state index in [1.165, 1.54) is 12.3 Å². The first kappa shape index (κ1) is 12.6. The second kappa shape index (κ2) is 4.42. The smallest absolute Gasteiger partial charge is 0.341 e. The molecule has 0 aliphatic heterocycles. The highest BCUT2D eigenvalue weighted by molar-refractivity contribution is 6.31. The second-order valence-electron chi connectivity index (χ2n) is 3.75. The van der Waals surface area contributed by atoms with E-state index in [1.807, 2.05) is 0 Å². The van der Waals surface area contributed by atoms with Gasteiger partial charge in [-0.2, -0.15) is 0 Å². The average Bonchev–Trinajstić information content (AvgIpc) is 2.32. The molecule has 0 amide bonds. The van der Waals surface area contributed by atoms with Crippen LogP contribution < -0.4 is 5.43 Å². The van der Waals surface area contributed by atoms with E-state index in [0.717, 1.165) is 6.07 Å². The van der Waals surface area contributed by atoms with Crippen LogP contribution in [-0.2, 0) is 6.54 Å². The molecule has 1 aromatic carbocycles. The maximum atomic E-state index is 13.4. The first-order valence-electron chi connectivity index (χ1n) is 5.21. The average molecular weight is 269 g/mol. The Morgan fingerprint density at radius 1 is 1.50 bits per heavy atom. The van der Waals surface area contributed by atoms with E-state index in [2.05, 4.69) is 0 Å². The Bertz CT molecular complexity index is 709. The molecule has 1 aromatic heterocycles. The summed E-state index contributed by atoms with van der Waals surface area (Å²) in [6.45, 7) is 2.23. The zero-order chi connectivity index (χ0) is 13.4. The van der Waals surface area contributed by atoms with Crippen molar-refractivity contribution < 1.29 is 14.3 Å². The number of aryl methyl sites for hydroxylation is 1. The molecule has 0 unspecified atom stereocenters. The predicted molar refractivity (Wildman–Crippen MR) is 65.8 cm³/mol. The van der Waals surface area contributed by atoms with E-state index in [0.29, 0.717) is 12.1 Å². The molecule has 0 aliphatic rings. The minimum absolute atomic E-state index is 0.0126. The van der Waals surface area contributed by atoms with Gasteiger partial charge in [0.25, 0.3) is 0 Å². The Labute approximate surface area is 106 Å². The quantitative estimate of drug-likeness (QED) is 0.910. The summed E-state index contributed by atoms with van der Waals surface area (Å²) in [5, 5.41) is 8.84. The Morgan fingerprint density at radius 3 is 2.72 bits per heavy atom. The Morgan fingerprint density at radius 2 is 2.17 bits per heavy atom. The van der Waals surface area contributed by atoms with Gasteiger partial charge in [-0.05, 0) is 19.1 Å². The number of benzene rings is 1. The molecule has 0 saturated heterocycles. The summed E-state index contributed by atoms with van der Waals surface area (Å²) in [5.41, 5.74) is -0.678. The lowest BCUT2D eigenvalue weighted by Crippen LogP contribution is -2.18. The number of rotatable bonds is 2. The molecule has 2 rings (SSSR count). The van der Waals surface area contributed by atoms with Crippen LogP contribution in [0.5, 0.6) is 0 Å². The lowest BCUT2D eigenvalue weighted by atomic mass is 10.1. The zero-order valence-corrected chi connectivity index (χ0v) is 10.2. The van der Waals surface area contributed by atoms with Crippen LogP contribution in [0.15, 0.2) is 23.1 Å². The summed E-state index contributed by atoms with van der Waals surface area (Å²) >= 11 is 5.66. The standard InChI is InChI=1S/C12H9ClFNO3/c1-2-15-5-7(12(17)18)11(16)6-3-9(14)8(13)4-10(6)15/h3-5H,2H2,1H3,(H,17,18)/i14-1. The van der Waals surface area contributed by atoms with Crippen molar-refractivity contribution in [2.24, 2.45) is 0 Å². The summed E-state index contributed by atoms with van der Waals surface area (Å²) in [4.78, 5) is 22.8. The highest BCUT2D eigenvalue weighted by Crippen LogP contribution is 2.21. The number of carboxylic acids is 1. The van der Waals surface area contributed by atoms with E-state index in [1.54, 1.807) is 11.5 Å². The summed E-state index contributed by atoms with van der Waals surface area (Å²) in [5.74, 6) is -2.08. The van der Waals surface area contributed by atoms with Crippen molar-refractivity contribution in [2.45, 2.75) is 13.5 Å². The molecule has 0 atom stereocenters. The number of fused-ring (bicyclic) bond motifs is 1. The molecule has 0 spiro atoms. The lowest BCUT2D eigenvalue weighted by molar-refractivity contribution is 0.0695. The number of aromatic nitrogens is 1. The van der Waals surface area contributed by atoms with Crippen LogP contribution >= 0.6 is 11.6 Å². The van der Waals surface area contributed by atoms with Crippen LogP contribution in [0.4, 0.5) is 4.39 Å². The van der Waals surface area contributed by atoms with Crippen molar-refractivity contribution in [1.29, 1.82) is 0 Å². The van der Waals surface area contributed by atoms with Gasteiger partial charge in [0, 0.05) is 18.1 Å². The van der Waals surface area contributed by atoms with Crippen LogP contribution in [0.3, 0.4) is 0 Å². The third-order valence-electron chi connectivity index (χ3n) is 2.69. The third-order valence-corrected chi connectivity index (χ3v) is 2.98. The maximum Gasteiger partial charge on any atom is 0.341 e. The van der Waals surface area contributed by atoms with Crippen LogP contribution in [0.1, 0.15) is 17.3 Å². The number of pyridine rings is 1. The molecular weight excluding hydrogens is 260 g/mol. The van der Waals surface area contributed by atoms with Gasteiger partial charge in [-0.25, -0.2) is 9.18 Å². The van der Waals surface area contributed by atoms with Gasteiger partial charge >= 0.3 is 5.97 Å². The van der Waals surface area contributed by atoms with Gasteiger partial charge in [-0.15, -0.1) is 0 Å². The number of aromatic carboxylic acids is 1. The SMILES string of the molecule is CCn1cc(C(=O)O)c(=O)c2cc([18F])c(Cl)cc21. The highest BCUT2D eigenvalue weighted by Gasteiger charge is 2.15. The molecule has 18 heavy (non-hydrogen) atoms. The highest BCUT2D eigenvalue weighted by atomic mass is 35.5. The van der Waals surface area contributed by atoms with E-state index in [9.17, 15) is 14.0 Å². The van der Waals surface area contributed by atoms with Crippen molar-refractivity contribution in [3.05, 3.63) is 45.0 Å². The summed E-state index contributed by atoms with van der Waals surface area (Å²) in [6, 6.07) is 2.29. The van der Waals surface area contributed by atoms with Crippen molar-refractivity contribution in [1.82, 2.24) is 4.57 Å². The van der Waals surface area contributed by atoms with Gasteiger partial charge in [-0.1, -0.05) is 11.6 Å². The second-order valence-corrected chi connectivity index (χ2v) is 4.15. The molecule has 0 radical (unpaired) electrons. The molecule has 4 nitrogen and oxygen atoms in total. The largest absolute Gasteiger partial charge is 0.477 e. The first-order chi connectivity index (χ1) is 8.45. The Hall–Kier alpha value is -1.88. The Kier molecular flexibility index (Phi) is 3.09. The number of carboxylic acid groups (broad SMARTS) is 1. The zero-order valence-electron chi connectivity index (χ0n) is 9.41. The van der Waals surface area contributed by atoms with E-state index < -0.39 is 17.2 Å². The maximum absolute atomic E-state index is 13.4. The summed E-state index contributed by atoms with van der Waals surface area (Å²) in [6.07, 6.45) is 1.24. The Balaban J connectivity index is 2.99. The van der Waals surface area contributed by atoms with E-state index in [-0.39, 0.29) is 16.0 Å². The third kappa shape index (κ3) is 1.86. The monoisotopic (exact) mass is 268 g/mol. The van der Waals surface area contributed by atoms with Gasteiger partial charge < -0.3 is 9.67 Å². The molecule has 0 fully saturated rings. The molecule has 0 saturated carbocycles. The molecule has 94 valence electrons. The van der Waals surface area contributed by atoms with Gasteiger partial charge in [0.1, 0.15) is 11.4 Å². The lowest BCUT2D eigenvalue weighted by Gasteiger charge is -2.10. The van der Waals surface area contributed by atoms with Crippen molar-refractivity contribution in [3.63, 3.8) is 0 Å². The summed E-state index contributed by atoms with van der Waals surface area (Å²) in [7, 11) is 0. The fourth-order valence-corrected chi connectivity index (χ4v) is 1.96. The van der Waals surface area contributed by atoms with Crippen LogP contribution in [0, 0.1) is 5.82 Å². The number of hydrogen-bond acceptors (Lipinski definition) is 2. The number of nitrogens with zero attached hydrogens (tertiary/aromatic N) is 1. The molecule has 0 bridgehead atoms. The number of halogens is 2. The van der Waals surface area contributed by atoms with Crippen LogP contribution in [-0.4, -0.2) is 15.6 Å². The first-order valence-corrected chi connectivity index (χ1v) is 5.59. The fourth-order valence-electron chi connectivity index (χ4n) is 1.80. The molecule has 6 heteroatoms. The van der Waals surface area contributed by atoms with Crippen LogP contribution in [0.25, 0.3) is 10.9 Å². The van der Waals surface area contributed by atoms with Crippen LogP contribution in [0.2, 0.25) is 5.02 Å². The molecule has 0 aliphatic carbocycles. The predicted octanol–water partition coefficient (Wildman–Crippen LogP) is 2.51. The molecular formula is C12H9ClFNO3. The molecule has 1 N–H and O–H groups in total. The molecule has 1 heterocycles.